The van der Waals surface area contributed by atoms with Gasteiger partial charge in [-0.15, -0.1) is 0 Å². The van der Waals surface area contributed by atoms with Crippen molar-refractivity contribution in [2.24, 2.45) is 0 Å². The largest absolute Gasteiger partial charge is 0.508 e. The van der Waals surface area contributed by atoms with Gasteiger partial charge in [0.2, 0.25) is 0 Å². The number of nitrogens with zero attached hydrogens (tertiary/aromatic N) is 1. The van der Waals surface area contributed by atoms with Crippen LogP contribution in [0.15, 0.2) is 65.4 Å². The molecule has 0 saturated heterocycles. The number of aromatic nitrogens is 1. The van der Waals surface area contributed by atoms with Gasteiger partial charge < -0.3 is 14.3 Å². The van der Waals surface area contributed by atoms with Gasteiger partial charge in [-0.05, 0) is 17.7 Å². The van der Waals surface area contributed by atoms with Gasteiger partial charge in [-0.3, -0.25) is 0 Å². The molecule has 2 aromatic carbocycles. The summed E-state index contributed by atoms with van der Waals surface area (Å²) in [7, 11) is 0. The monoisotopic (exact) mass is 267 g/mol. The van der Waals surface area contributed by atoms with Gasteiger partial charge in [0.25, 0.3) is 0 Å². The number of benzene rings is 2. The van der Waals surface area contributed by atoms with Crippen LogP contribution in [-0.2, 0) is 6.42 Å². The highest BCUT2D eigenvalue weighted by molar-refractivity contribution is 5.47. The number of hydrogen-bond donors (Lipinski definition) is 1. The van der Waals surface area contributed by atoms with Crippen molar-refractivity contribution in [3.8, 4) is 17.6 Å². The molecule has 4 heteroatoms. The van der Waals surface area contributed by atoms with Crippen LogP contribution in [0.5, 0.6) is 17.6 Å². The maximum atomic E-state index is 10.1. The van der Waals surface area contributed by atoms with Crippen LogP contribution in [0, 0.1) is 0 Å². The summed E-state index contributed by atoms with van der Waals surface area (Å²) in [4.78, 5) is 3.92. The molecule has 0 aliphatic carbocycles. The molecule has 0 aliphatic heterocycles. The molecule has 1 aromatic heterocycles. The van der Waals surface area contributed by atoms with Gasteiger partial charge in [-0.1, -0.05) is 36.4 Å². The minimum Gasteiger partial charge on any atom is -0.508 e. The maximum Gasteiger partial charge on any atom is 0.399 e. The lowest BCUT2D eigenvalue weighted by Gasteiger charge is -2.10. The molecule has 0 spiro atoms. The molecule has 0 aliphatic rings. The van der Waals surface area contributed by atoms with Gasteiger partial charge in [-0.2, -0.15) is 4.98 Å². The van der Waals surface area contributed by atoms with Crippen molar-refractivity contribution in [2.75, 3.05) is 0 Å². The minimum absolute atomic E-state index is 0.157. The van der Waals surface area contributed by atoms with Crippen LogP contribution in [-0.4, -0.2) is 10.1 Å². The lowest BCUT2D eigenvalue weighted by molar-refractivity contribution is 0.326. The first-order valence-electron chi connectivity index (χ1n) is 6.25. The van der Waals surface area contributed by atoms with Crippen molar-refractivity contribution in [1.82, 2.24) is 4.98 Å². The Hall–Kier alpha value is -2.75. The van der Waals surface area contributed by atoms with Gasteiger partial charge in [0, 0.05) is 12.0 Å². The second-order valence-corrected chi connectivity index (χ2v) is 4.32. The topological polar surface area (TPSA) is 55.5 Å². The SMILES string of the molecule is Oc1cccc(Oc2ncco2)c1Cc1ccccc1. The van der Waals surface area contributed by atoms with Crippen molar-refractivity contribution >= 4 is 0 Å². The van der Waals surface area contributed by atoms with Crippen molar-refractivity contribution in [2.45, 2.75) is 6.42 Å². The molecule has 4 nitrogen and oxygen atoms in total. The zero-order valence-electron chi connectivity index (χ0n) is 10.7. The molecule has 0 amide bonds. The highest BCUT2D eigenvalue weighted by Gasteiger charge is 2.12. The molecule has 0 radical (unpaired) electrons. The molecule has 3 rings (SSSR count). The van der Waals surface area contributed by atoms with Crippen molar-refractivity contribution < 1.29 is 14.3 Å². The van der Waals surface area contributed by atoms with E-state index in [0.717, 1.165) is 5.56 Å². The van der Waals surface area contributed by atoms with E-state index in [4.69, 9.17) is 9.15 Å². The number of phenols is 1. The van der Waals surface area contributed by atoms with Gasteiger partial charge in [0.15, 0.2) is 0 Å². The van der Waals surface area contributed by atoms with Crippen molar-refractivity contribution in [3.05, 3.63) is 72.1 Å². The van der Waals surface area contributed by atoms with E-state index in [1.54, 1.807) is 18.2 Å². The summed E-state index contributed by atoms with van der Waals surface area (Å²) < 4.78 is 10.6. The fraction of sp³-hybridized carbons (Fsp3) is 0.0625. The highest BCUT2D eigenvalue weighted by Crippen LogP contribution is 2.32. The molecular formula is C16H13NO3. The summed E-state index contributed by atoms with van der Waals surface area (Å²) in [5.74, 6) is 0.731. The summed E-state index contributed by atoms with van der Waals surface area (Å²) in [6.45, 7) is 0. The molecule has 1 N–H and O–H groups in total. The Morgan fingerprint density at radius 2 is 1.90 bits per heavy atom. The summed E-state index contributed by atoms with van der Waals surface area (Å²) in [5, 5.41) is 10.1. The Bertz CT molecular complexity index is 678. The molecule has 0 atom stereocenters. The first-order valence-corrected chi connectivity index (χ1v) is 6.25. The van der Waals surface area contributed by atoms with Gasteiger partial charge >= 0.3 is 6.08 Å². The first kappa shape index (κ1) is 12.3. The predicted octanol–water partition coefficient (Wildman–Crippen LogP) is 3.76. The molecule has 3 aromatic rings. The Labute approximate surface area is 116 Å². The average Bonchev–Trinajstić information content (AvgIpc) is 2.97. The average molecular weight is 267 g/mol. The number of rotatable bonds is 4. The zero-order valence-corrected chi connectivity index (χ0v) is 10.7. The number of aromatic hydroxyl groups is 1. The Balaban J connectivity index is 1.92. The molecule has 20 heavy (non-hydrogen) atoms. The van der Waals surface area contributed by atoms with E-state index in [9.17, 15) is 5.11 Å². The third kappa shape index (κ3) is 2.64. The standard InChI is InChI=1S/C16H13NO3/c18-14-7-4-8-15(20-16-17-9-10-19-16)13(14)11-12-5-2-1-3-6-12/h1-10,18H,11H2. The van der Waals surface area contributed by atoms with Crippen LogP contribution in [0.1, 0.15) is 11.1 Å². The molecule has 0 bridgehead atoms. The fourth-order valence-electron chi connectivity index (χ4n) is 1.98. The van der Waals surface area contributed by atoms with Crippen LogP contribution >= 0.6 is 0 Å². The molecule has 1 heterocycles. The second-order valence-electron chi connectivity index (χ2n) is 4.32. The number of hydrogen-bond acceptors (Lipinski definition) is 4. The maximum absolute atomic E-state index is 10.1. The smallest absolute Gasteiger partial charge is 0.399 e. The summed E-state index contributed by atoms with van der Waals surface area (Å²) in [6.07, 6.45) is 3.68. The van der Waals surface area contributed by atoms with E-state index in [0.29, 0.717) is 17.7 Å². The second kappa shape index (κ2) is 5.48. The number of oxazole rings is 1. The van der Waals surface area contributed by atoms with Gasteiger partial charge in [0.1, 0.15) is 17.8 Å². The van der Waals surface area contributed by atoms with Crippen LogP contribution in [0.4, 0.5) is 0 Å². The minimum atomic E-state index is 0.157. The summed E-state index contributed by atoms with van der Waals surface area (Å²) >= 11 is 0. The molecular weight excluding hydrogens is 254 g/mol. The van der Waals surface area contributed by atoms with Crippen LogP contribution in [0.3, 0.4) is 0 Å². The quantitative estimate of drug-likeness (QED) is 0.781. The third-order valence-electron chi connectivity index (χ3n) is 2.94. The fourth-order valence-corrected chi connectivity index (χ4v) is 1.98. The Kier molecular flexibility index (Phi) is 3.37. The van der Waals surface area contributed by atoms with E-state index in [1.165, 1.54) is 12.5 Å². The number of ether oxygens (including phenoxy) is 1. The van der Waals surface area contributed by atoms with Crippen molar-refractivity contribution in [3.63, 3.8) is 0 Å². The van der Waals surface area contributed by atoms with E-state index in [2.05, 4.69) is 4.98 Å². The van der Waals surface area contributed by atoms with Gasteiger partial charge in [0.05, 0.1) is 6.20 Å². The molecule has 0 fully saturated rings. The van der Waals surface area contributed by atoms with Crippen LogP contribution in [0.2, 0.25) is 0 Å². The zero-order chi connectivity index (χ0) is 13.8. The predicted molar refractivity (Wildman–Crippen MR) is 73.9 cm³/mol. The molecule has 0 saturated carbocycles. The van der Waals surface area contributed by atoms with E-state index in [-0.39, 0.29) is 11.8 Å². The van der Waals surface area contributed by atoms with Crippen molar-refractivity contribution in [1.29, 1.82) is 0 Å². The lowest BCUT2D eigenvalue weighted by Crippen LogP contribution is -1.94. The van der Waals surface area contributed by atoms with E-state index < -0.39 is 0 Å². The van der Waals surface area contributed by atoms with Gasteiger partial charge in [-0.25, -0.2) is 0 Å². The lowest BCUT2D eigenvalue weighted by atomic mass is 10.0. The summed E-state index contributed by atoms with van der Waals surface area (Å²) in [6, 6.07) is 15.0. The Morgan fingerprint density at radius 1 is 1.05 bits per heavy atom. The number of phenolic OH excluding ortho intramolecular Hbond substituents is 1. The third-order valence-corrected chi connectivity index (χ3v) is 2.94. The van der Waals surface area contributed by atoms with E-state index in [1.807, 2.05) is 30.3 Å². The molecule has 0 unspecified atom stereocenters. The van der Waals surface area contributed by atoms with E-state index >= 15 is 0 Å². The van der Waals surface area contributed by atoms with Crippen LogP contribution in [0.25, 0.3) is 0 Å². The summed E-state index contributed by atoms with van der Waals surface area (Å²) in [5.41, 5.74) is 1.79. The Morgan fingerprint density at radius 3 is 2.65 bits per heavy atom. The first-order chi connectivity index (χ1) is 9.83. The molecule has 100 valence electrons. The normalized spacial score (nSPS) is 10.4. The van der Waals surface area contributed by atoms with Crippen LogP contribution < -0.4 is 4.74 Å². The highest BCUT2D eigenvalue weighted by atomic mass is 16.6.